The van der Waals surface area contributed by atoms with E-state index >= 15 is 0 Å². The van der Waals surface area contributed by atoms with E-state index in [0.717, 1.165) is 18.2 Å². The van der Waals surface area contributed by atoms with Gasteiger partial charge >= 0.3 is 5.63 Å². The average Bonchev–Trinajstić information content (AvgIpc) is 2.59. The number of piperidine rings is 1. The first-order valence-corrected chi connectivity index (χ1v) is 7.85. The molecule has 24 heavy (non-hydrogen) atoms. The number of nitriles is 1. The highest BCUT2D eigenvalue weighted by atomic mass is 16.5. The monoisotopic (exact) mass is 326 g/mol. The highest BCUT2D eigenvalue weighted by molar-refractivity contribution is 5.79. The topological polar surface area (TPSA) is 83.5 Å². The first-order valence-electron chi connectivity index (χ1n) is 7.85. The molecule has 1 unspecified atom stereocenters. The molecule has 1 aromatic carbocycles. The summed E-state index contributed by atoms with van der Waals surface area (Å²) < 4.78 is 10.6. The SMILES string of the molecule is CC1(C#N)CCCN(C(=O)COc2ccc3ccc(=O)oc3c2)C1. The van der Waals surface area contributed by atoms with Crippen molar-refractivity contribution in [3.05, 3.63) is 40.8 Å². The molecule has 1 fully saturated rings. The van der Waals surface area contributed by atoms with Crippen LogP contribution in [0.5, 0.6) is 5.75 Å². The molecule has 1 aliphatic rings. The van der Waals surface area contributed by atoms with Gasteiger partial charge in [0.25, 0.3) is 5.91 Å². The third-order valence-electron chi connectivity index (χ3n) is 4.28. The highest BCUT2D eigenvalue weighted by Crippen LogP contribution is 2.28. The van der Waals surface area contributed by atoms with E-state index in [-0.39, 0.29) is 12.5 Å². The van der Waals surface area contributed by atoms with Gasteiger partial charge in [-0.05, 0) is 38.0 Å². The Bertz CT molecular complexity index is 867. The van der Waals surface area contributed by atoms with E-state index < -0.39 is 11.0 Å². The second-order valence-electron chi connectivity index (χ2n) is 6.33. The Labute approximate surface area is 139 Å². The van der Waals surface area contributed by atoms with Crippen molar-refractivity contribution in [3.8, 4) is 11.8 Å². The van der Waals surface area contributed by atoms with Crippen molar-refractivity contribution in [2.24, 2.45) is 5.41 Å². The van der Waals surface area contributed by atoms with Crippen molar-refractivity contribution in [1.82, 2.24) is 4.90 Å². The first-order chi connectivity index (χ1) is 11.5. The fourth-order valence-corrected chi connectivity index (χ4v) is 2.91. The van der Waals surface area contributed by atoms with Crippen LogP contribution < -0.4 is 10.4 Å². The van der Waals surface area contributed by atoms with Gasteiger partial charge in [-0.15, -0.1) is 0 Å². The summed E-state index contributed by atoms with van der Waals surface area (Å²) >= 11 is 0. The van der Waals surface area contributed by atoms with Gasteiger partial charge in [0.1, 0.15) is 11.3 Å². The maximum absolute atomic E-state index is 12.3. The lowest BCUT2D eigenvalue weighted by atomic mass is 9.83. The Morgan fingerprint density at radius 3 is 3.00 bits per heavy atom. The molecule has 0 radical (unpaired) electrons. The van der Waals surface area contributed by atoms with Crippen molar-refractivity contribution in [2.75, 3.05) is 19.7 Å². The van der Waals surface area contributed by atoms with E-state index in [4.69, 9.17) is 9.15 Å². The Morgan fingerprint density at radius 1 is 1.42 bits per heavy atom. The van der Waals surface area contributed by atoms with Crippen LogP contribution in [0, 0.1) is 16.7 Å². The molecule has 1 aliphatic heterocycles. The van der Waals surface area contributed by atoms with Gasteiger partial charge in [-0.25, -0.2) is 4.79 Å². The van der Waals surface area contributed by atoms with Crippen molar-refractivity contribution < 1.29 is 13.9 Å². The number of carbonyl (C=O) groups excluding carboxylic acids is 1. The Balaban J connectivity index is 1.66. The van der Waals surface area contributed by atoms with Crippen LogP contribution in [0.1, 0.15) is 19.8 Å². The summed E-state index contributed by atoms with van der Waals surface area (Å²) in [6.45, 7) is 2.84. The highest BCUT2D eigenvalue weighted by Gasteiger charge is 2.33. The van der Waals surface area contributed by atoms with E-state index in [1.807, 2.05) is 6.92 Å². The molecule has 1 aromatic heterocycles. The number of hydrogen-bond acceptors (Lipinski definition) is 5. The molecule has 1 atom stereocenters. The van der Waals surface area contributed by atoms with Crippen LogP contribution in [0.15, 0.2) is 39.5 Å². The number of likely N-dealkylation sites (tertiary alicyclic amines) is 1. The standard InChI is InChI=1S/C18H18N2O4/c1-18(11-19)7-2-8-20(12-18)16(21)10-23-14-5-3-13-4-6-17(22)24-15(13)9-14/h3-6,9H,2,7-8,10,12H2,1H3. The minimum absolute atomic E-state index is 0.107. The van der Waals surface area contributed by atoms with Crippen LogP contribution in [0.4, 0.5) is 0 Å². The van der Waals surface area contributed by atoms with Gasteiger partial charge in [-0.3, -0.25) is 4.79 Å². The predicted molar refractivity (Wildman–Crippen MR) is 87.5 cm³/mol. The number of fused-ring (bicyclic) bond motifs is 1. The molecule has 0 N–H and O–H groups in total. The van der Waals surface area contributed by atoms with E-state index in [0.29, 0.717) is 24.4 Å². The summed E-state index contributed by atoms with van der Waals surface area (Å²) in [6, 6.07) is 10.4. The second kappa shape index (κ2) is 6.36. The zero-order chi connectivity index (χ0) is 17.2. The fourth-order valence-electron chi connectivity index (χ4n) is 2.91. The van der Waals surface area contributed by atoms with Gasteiger partial charge in [0, 0.05) is 30.6 Å². The molecule has 0 saturated carbocycles. The lowest BCUT2D eigenvalue weighted by Gasteiger charge is -2.35. The summed E-state index contributed by atoms with van der Waals surface area (Å²) in [7, 11) is 0. The average molecular weight is 326 g/mol. The van der Waals surface area contributed by atoms with Crippen LogP contribution in [0.25, 0.3) is 11.0 Å². The molecule has 124 valence electrons. The summed E-state index contributed by atoms with van der Waals surface area (Å²) in [5.74, 6) is 0.316. The zero-order valence-corrected chi connectivity index (χ0v) is 13.4. The van der Waals surface area contributed by atoms with Gasteiger partial charge in [0.2, 0.25) is 0 Å². The van der Waals surface area contributed by atoms with Crippen molar-refractivity contribution >= 4 is 16.9 Å². The number of benzene rings is 1. The Kier molecular flexibility index (Phi) is 4.26. The molecule has 2 heterocycles. The van der Waals surface area contributed by atoms with Crippen LogP contribution in [-0.2, 0) is 4.79 Å². The molecular weight excluding hydrogens is 308 g/mol. The zero-order valence-electron chi connectivity index (χ0n) is 13.4. The largest absolute Gasteiger partial charge is 0.484 e. The van der Waals surface area contributed by atoms with Crippen LogP contribution in [0.3, 0.4) is 0 Å². The first kappa shape index (κ1) is 16.1. The molecule has 1 saturated heterocycles. The molecule has 2 aromatic rings. The van der Waals surface area contributed by atoms with Gasteiger partial charge in [0.15, 0.2) is 6.61 Å². The number of carbonyl (C=O) groups is 1. The Morgan fingerprint density at radius 2 is 2.21 bits per heavy atom. The summed E-state index contributed by atoms with van der Waals surface area (Å²) in [6.07, 6.45) is 1.62. The van der Waals surface area contributed by atoms with E-state index in [1.54, 1.807) is 29.2 Å². The van der Waals surface area contributed by atoms with Crippen LogP contribution >= 0.6 is 0 Å². The van der Waals surface area contributed by atoms with Gasteiger partial charge in [-0.1, -0.05) is 0 Å². The summed E-state index contributed by atoms with van der Waals surface area (Å²) in [4.78, 5) is 25.2. The summed E-state index contributed by atoms with van der Waals surface area (Å²) in [5, 5.41) is 10.0. The number of amides is 1. The quantitative estimate of drug-likeness (QED) is 0.808. The van der Waals surface area contributed by atoms with Crippen molar-refractivity contribution in [1.29, 1.82) is 5.26 Å². The maximum Gasteiger partial charge on any atom is 0.336 e. The Hall–Kier alpha value is -2.81. The number of hydrogen-bond donors (Lipinski definition) is 0. The minimum atomic E-state index is -0.486. The molecule has 0 aliphatic carbocycles. The third-order valence-corrected chi connectivity index (χ3v) is 4.28. The van der Waals surface area contributed by atoms with Crippen LogP contribution in [0.2, 0.25) is 0 Å². The van der Waals surface area contributed by atoms with Crippen molar-refractivity contribution in [3.63, 3.8) is 0 Å². The maximum atomic E-state index is 12.3. The van der Waals surface area contributed by atoms with Crippen molar-refractivity contribution in [2.45, 2.75) is 19.8 Å². The van der Waals surface area contributed by atoms with Gasteiger partial charge in [-0.2, -0.15) is 5.26 Å². The molecule has 0 spiro atoms. The van der Waals surface area contributed by atoms with Crippen LogP contribution in [-0.4, -0.2) is 30.5 Å². The molecule has 0 bridgehead atoms. The smallest absolute Gasteiger partial charge is 0.336 e. The second-order valence-corrected chi connectivity index (χ2v) is 6.33. The number of rotatable bonds is 3. The molecular formula is C18H18N2O4. The van der Waals surface area contributed by atoms with E-state index in [9.17, 15) is 14.9 Å². The number of nitrogens with zero attached hydrogens (tertiary/aromatic N) is 2. The van der Waals surface area contributed by atoms with E-state index in [1.165, 1.54) is 6.07 Å². The molecule has 1 amide bonds. The minimum Gasteiger partial charge on any atom is -0.484 e. The van der Waals surface area contributed by atoms with Gasteiger partial charge in [0.05, 0.1) is 11.5 Å². The third kappa shape index (κ3) is 3.40. The normalized spacial score (nSPS) is 20.6. The lowest BCUT2D eigenvalue weighted by molar-refractivity contribution is -0.135. The summed E-state index contributed by atoms with van der Waals surface area (Å²) in [5.41, 5.74) is -0.498. The fraction of sp³-hybridized carbons (Fsp3) is 0.389. The predicted octanol–water partition coefficient (Wildman–Crippen LogP) is 2.32. The number of ether oxygens (including phenoxy) is 1. The molecule has 3 rings (SSSR count). The van der Waals surface area contributed by atoms with Gasteiger partial charge < -0.3 is 14.1 Å². The molecule has 6 nitrogen and oxygen atoms in total. The lowest BCUT2D eigenvalue weighted by Crippen LogP contribution is -2.46. The van der Waals surface area contributed by atoms with E-state index in [2.05, 4.69) is 6.07 Å². The molecule has 6 heteroatoms.